The number of amides is 2. The molecule has 0 aliphatic carbocycles. The lowest BCUT2D eigenvalue weighted by molar-refractivity contribution is -0.122. The number of hydrogen-bond donors (Lipinski definition) is 1. The van der Waals surface area contributed by atoms with E-state index in [9.17, 15) is 14.4 Å². The number of methoxy groups -OCH3 is 1. The zero-order valence-electron chi connectivity index (χ0n) is 20.7. The lowest BCUT2D eigenvalue weighted by atomic mass is 9.82. The topological polar surface area (TPSA) is 88.7 Å². The first-order chi connectivity index (χ1) is 18.4. The van der Waals surface area contributed by atoms with Gasteiger partial charge in [-0.05, 0) is 42.8 Å². The molecule has 3 atom stereocenters. The molecule has 0 saturated carbocycles. The first-order valence-electron chi connectivity index (χ1n) is 12.1. The molecule has 0 spiro atoms. The van der Waals surface area contributed by atoms with E-state index >= 15 is 0 Å². The maximum absolute atomic E-state index is 14.0. The minimum atomic E-state index is -0.683. The molecular weight excluding hydrogens is 520 g/mol. The van der Waals surface area contributed by atoms with Crippen LogP contribution < -0.4 is 19.2 Å². The van der Waals surface area contributed by atoms with Crippen molar-refractivity contribution >= 4 is 40.6 Å². The predicted octanol–water partition coefficient (Wildman–Crippen LogP) is 5.13. The molecule has 4 aromatic rings. The maximum Gasteiger partial charge on any atom is 0.305 e. The molecule has 3 aromatic carbocycles. The highest BCUT2D eigenvalue weighted by Crippen LogP contribution is 2.54. The molecule has 38 heavy (non-hydrogen) atoms. The number of aromatic amines is 1. The van der Waals surface area contributed by atoms with Gasteiger partial charge in [0, 0.05) is 16.4 Å². The van der Waals surface area contributed by atoms with Crippen molar-refractivity contribution in [1.82, 2.24) is 4.98 Å². The van der Waals surface area contributed by atoms with Crippen LogP contribution in [0, 0.1) is 12.8 Å². The van der Waals surface area contributed by atoms with Gasteiger partial charge < -0.3 is 14.5 Å². The van der Waals surface area contributed by atoms with Crippen LogP contribution in [0.2, 0.25) is 0 Å². The number of thioether (sulfide) groups is 1. The van der Waals surface area contributed by atoms with Gasteiger partial charge in [0.15, 0.2) is 0 Å². The van der Waals surface area contributed by atoms with Crippen LogP contribution in [0.15, 0.2) is 82.6 Å². The summed E-state index contributed by atoms with van der Waals surface area (Å²) in [5, 5.41) is -0.0326. The van der Waals surface area contributed by atoms with E-state index in [1.807, 2.05) is 55.5 Å². The van der Waals surface area contributed by atoms with E-state index < -0.39 is 17.1 Å². The van der Waals surface area contributed by atoms with E-state index in [2.05, 4.69) is 4.98 Å². The van der Waals surface area contributed by atoms with Crippen molar-refractivity contribution in [3.05, 3.63) is 104 Å². The monoisotopic (exact) mass is 544 g/mol. The summed E-state index contributed by atoms with van der Waals surface area (Å²) in [6.45, 7) is 2.39. The number of aromatic nitrogens is 1. The van der Waals surface area contributed by atoms with Crippen molar-refractivity contribution in [2.24, 2.45) is 5.92 Å². The van der Waals surface area contributed by atoms with Crippen LogP contribution in [0.5, 0.6) is 11.5 Å². The van der Waals surface area contributed by atoms with Crippen molar-refractivity contribution in [1.29, 1.82) is 0 Å². The van der Waals surface area contributed by atoms with Crippen molar-refractivity contribution in [3.8, 4) is 11.5 Å². The highest BCUT2D eigenvalue weighted by atomic mass is 32.2. The van der Waals surface area contributed by atoms with E-state index in [1.165, 1.54) is 22.2 Å². The summed E-state index contributed by atoms with van der Waals surface area (Å²) in [5.74, 6) is -0.513. The maximum atomic E-state index is 14.0. The third-order valence-corrected chi connectivity index (χ3v) is 9.32. The second-order valence-corrected chi connectivity index (χ2v) is 11.4. The lowest BCUT2D eigenvalue weighted by Gasteiger charge is -2.30. The van der Waals surface area contributed by atoms with Crippen LogP contribution in [0.25, 0.3) is 0 Å². The van der Waals surface area contributed by atoms with E-state index in [0.29, 0.717) is 28.8 Å². The van der Waals surface area contributed by atoms with Gasteiger partial charge in [0.2, 0.25) is 11.8 Å². The SMILES string of the molecule is COc1ccc(N2C(=O)[C@H]3[C@H](c4ccccc4OCc4ccc(C)cc4)c4sc(=O)[nH]c4S[C@H]3C2=O)cc1. The van der Waals surface area contributed by atoms with Gasteiger partial charge in [0.25, 0.3) is 0 Å². The number of hydrogen-bond acceptors (Lipinski definition) is 7. The number of rotatable bonds is 6. The molecule has 3 heterocycles. The Labute approximate surface area is 227 Å². The highest BCUT2D eigenvalue weighted by Gasteiger charge is 2.56. The quantitative estimate of drug-likeness (QED) is 0.339. The molecule has 0 unspecified atom stereocenters. The smallest absolute Gasteiger partial charge is 0.305 e. The molecular formula is C29H24N2O5S2. The summed E-state index contributed by atoms with van der Waals surface area (Å²) >= 11 is 2.35. The van der Waals surface area contributed by atoms with Crippen LogP contribution in [-0.2, 0) is 16.2 Å². The van der Waals surface area contributed by atoms with Crippen molar-refractivity contribution < 1.29 is 19.1 Å². The summed E-state index contributed by atoms with van der Waals surface area (Å²) in [4.78, 5) is 44.7. The molecule has 0 bridgehead atoms. The number of H-pyrrole nitrogens is 1. The Morgan fingerprint density at radius 2 is 1.66 bits per heavy atom. The number of fused-ring (bicyclic) bond motifs is 2. The van der Waals surface area contributed by atoms with E-state index in [0.717, 1.165) is 27.3 Å². The fourth-order valence-corrected chi connectivity index (χ4v) is 7.56. The molecule has 7 nitrogen and oxygen atoms in total. The van der Waals surface area contributed by atoms with Gasteiger partial charge in [-0.15, -0.1) is 0 Å². The number of nitrogens with zero attached hydrogens (tertiary/aromatic N) is 1. The summed E-state index contributed by atoms with van der Waals surface area (Å²) in [5.41, 5.74) is 3.47. The zero-order valence-corrected chi connectivity index (χ0v) is 22.3. The second-order valence-electron chi connectivity index (χ2n) is 9.27. The normalized spacial score (nSPS) is 20.3. The van der Waals surface area contributed by atoms with E-state index in [-0.39, 0.29) is 16.7 Å². The standard InChI is InChI=1S/C29H24N2O5S2/c1-16-7-9-17(10-8-16)15-36-21-6-4-3-5-20(21)22-23-25(37-26-24(22)38-29(34)30-26)28(33)31(27(23)32)18-11-13-19(35-2)14-12-18/h3-14,22-23,25H,15H2,1-2H3,(H,30,34)/t22-,23-,25+/m0/s1. The largest absolute Gasteiger partial charge is 0.497 e. The number of thiazole rings is 1. The van der Waals surface area contributed by atoms with Crippen LogP contribution in [-0.4, -0.2) is 29.2 Å². The Morgan fingerprint density at radius 1 is 0.921 bits per heavy atom. The van der Waals surface area contributed by atoms with Gasteiger partial charge in [-0.2, -0.15) is 0 Å². The highest BCUT2D eigenvalue weighted by molar-refractivity contribution is 8.00. The first-order valence-corrected chi connectivity index (χ1v) is 13.8. The number of anilines is 1. The number of nitrogens with one attached hydrogen (secondary N) is 1. The van der Waals surface area contributed by atoms with Crippen molar-refractivity contribution in [2.75, 3.05) is 12.0 Å². The number of para-hydroxylation sites is 1. The molecule has 1 fully saturated rings. The number of imide groups is 1. The Kier molecular flexibility index (Phi) is 6.33. The van der Waals surface area contributed by atoms with Crippen LogP contribution in [0.4, 0.5) is 5.69 Å². The molecule has 1 N–H and O–H groups in total. The van der Waals surface area contributed by atoms with Crippen LogP contribution >= 0.6 is 23.1 Å². The average molecular weight is 545 g/mol. The molecule has 2 aliphatic heterocycles. The summed E-state index contributed by atoms with van der Waals surface area (Å²) in [6.07, 6.45) is 0. The number of carbonyl (C=O) groups excluding carboxylic acids is 2. The van der Waals surface area contributed by atoms with Gasteiger partial charge in [-0.3, -0.25) is 14.4 Å². The van der Waals surface area contributed by atoms with Gasteiger partial charge in [0.05, 0.1) is 23.7 Å². The third-order valence-electron chi connectivity index (χ3n) is 6.92. The predicted molar refractivity (Wildman–Crippen MR) is 147 cm³/mol. The fraction of sp³-hybridized carbons (Fsp3) is 0.207. The lowest BCUT2D eigenvalue weighted by Crippen LogP contribution is -2.32. The summed E-state index contributed by atoms with van der Waals surface area (Å²) < 4.78 is 11.5. The number of aryl methyl sites for hydroxylation is 1. The molecule has 0 radical (unpaired) electrons. The molecule has 6 rings (SSSR count). The van der Waals surface area contributed by atoms with E-state index in [4.69, 9.17) is 9.47 Å². The average Bonchev–Trinajstić information content (AvgIpc) is 3.43. The number of benzene rings is 3. The van der Waals surface area contributed by atoms with Gasteiger partial charge in [-0.25, -0.2) is 4.90 Å². The minimum absolute atomic E-state index is 0.211. The first kappa shape index (κ1) is 24.5. The zero-order chi connectivity index (χ0) is 26.4. The molecule has 1 saturated heterocycles. The second kappa shape index (κ2) is 9.81. The Morgan fingerprint density at radius 3 is 2.39 bits per heavy atom. The Balaban J connectivity index is 1.40. The molecule has 1 aromatic heterocycles. The third kappa shape index (κ3) is 4.21. The molecule has 2 amide bonds. The molecule has 192 valence electrons. The molecule has 9 heteroatoms. The van der Waals surface area contributed by atoms with Crippen molar-refractivity contribution in [2.45, 2.75) is 29.7 Å². The summed E-state index contributed by atoms with van der Waals surface area (Å²) in [7, 11) is 1.56. The van der Waals surface area contributed by atoms with Crippen LogP contribution in [0.3, 0.4) is 0 Å². The minimum Gasteiger partial charge on any atom is -0.497 e. The Bertz CT molecular complexity index is 1580. The fourth-order valence-electron chi connectivity index (χ4n) is 5.05. The van der Waals surface area contributed by atoms with Crippen LogP contribution in [0.1, 0.15) is 27.5 Å². The van der Waals surface area contributed by atoms with Gasteiger partial charge in [-0.1, -0.05) is 71.1 Å². The number of ether oxygens (including phenoxy) is 2. The Hall–Kier alpha value is -3.82. The number of carbonyl (C=O) groups is 2. The van der Waals surface area contributed by atoms with Crippen molar-refractivity contribution in [3.63, 3.8) is 0 Å². The molecule has 2 aliphatic rings. The summed E-state index contributed by atoms with van der Waals surface area (Å²) in [6, 6.07) is 22.6. The van der Waals surface area contributed by atoms with Gasteiger partial charge >= 0.3 is 4.87 Å². The van der Waals surface area contributed by atoms with E-state index in [1.54, 1.807) is 31.4 Å². The van der Waals surface area contributed by atoms with Gasteiger partial charge in [0.1, 0.15) is 23.4 Å².